The Bertz CT molecular complexity index is 1020. The summed E-state index contributed by atoms with van der Waals surface area (Å²) in [5.74, 6) is 0.714. The lowest BCUT2D eigenvalue weighted by Gasteiger charge is -2.27. The molecule has 1 amide bonds. The van der Waals surface area contributed by atoms with Gasteiger partial charge in [0.05, 0.1) is 36.5 Å². The van der Waals surface area contributed by atoms with Crippen molar-refractivity contribution in [2.75, 3.05) is 49.6 Å². The zero-order chi connectivity index (χ0) is 20.3. The molecule has 9 nitrogen and oxygen atoms in total. The van der Waals surface area contributed by atoms with Crippen LogP contribution in [0.1, 0.15) is 18.9 Å². The van der Waals surface area contributed by atoms with Crippen LogP contribution in [0.15, 0.2) is 30.5 Å². The minimum Gasteiger partial charge on any atom is -0.378 e. The Morgan fingerprint density at radius 1 is 1.10 bits per heavy atom. The molecule has 4 heterocycles. The summed E-state index contributed by atoms with van der Waals surface area (Å²) in [6.45, 7) is 4.88. The highest BCUT2D eigenvalue weighted by molar-refractivity contribution is 5.91. The van der Waals surface area contributed by atoms with Gasteiger partial charge in [-0.25, -0.2) is 9.67 Å². The summed E-state index contributed by atoms with van der Waals surface area (Å²) in [4.78, 5) is 22.8. The fourth-order valence-electron chi connectivity index (χ4n) is 4.15. The number of hydrogen-bond acceptors (Lipinski definition) is 7. The summed E-state index contributed by atoms with van der Waals surface area (Å²) in [5.41, 5.74) is 3.46. The smallest absolute Gasteiger partial charge is 0.228 e. The molecule has 0 unspecified atom stereocenters. The quantitative estimate of drug-likeness (QED) is 0.623. The van der Waals surface area contributed by atoms with Crippen LogP contribution in [-0.2, 0) is 9.53 Å². The van der Waals surface area contributed by atoms with Gasteiger partial charge >= 0.3 is 0 Å². The van der Waals surface area contributed by atoms with Gasteiger partial charge in [-0.15, -0.1) is 0 Å². The van der Waals surface area contributed by atoms with E-state index in [0.717, 1.165) is 67.0 Å². The molecule has 30 heavy (non-hydrogen) atoms. The topological polar surface area (TPSA) is 97.2 Å². The lowest BCUT2D eigenvalue weighted by atomic mass is 10.1. The molecule has 2 saturated heterocycles. The molecule has 0 aliphatic carbocycles. The number of morpholine rings is 1. The average Bonchev–Trinajstić information content (AvgIpc) is 3.24. The van der Waals surface area contributed by atoms with Gasteiger partial charge in [-0.3, -0.25) is 4.79 Å². The number of benzene rings is 1. The van der Waals surface area contributed by atoms with Gasteiger partial charge in [-0.05, 0) is 38.1 Å². The minimum atomic E-state index is 0.336. The van der Waals surface area contributed by atoms with Crippen LogP contribution in [0.4, 0.5) is 11.6 Å². The SMILES string of the molecule is O=CNc1ccc(-c2nc(N3CCOCC3)nc3c2cnn3C2CCNCC2)cc1. The number of hydrogen-bond donors (Lipinski definition) is 2. The third-order valence-electron chi connectivity index (χ3n) is 5.77. The van der Waals surface area contributed by atoms with Crippen molar-refractivity contribution in [3.05, 3.63) is 30.5 Å². The molecule has 0 bridgehead atoms. The predicted molar refractivity (Wildman–Crippen MR) is 115 cm³/mol. The number of rotatable bonds is 5. The third-order valence-corrected chi connectivity index (χ3v) is 5.77. The molecule has 1 aromatic carbocycles. The molecule has 0 radical (unpaired) electrons. The number of nitrogens with zero attached hydrogens (tertiary/aromatic N) is 5. The van der Waals surface area contributed by atoms with Gasteiger partial charge in [0.15, 0.2) is 5.65 Å². The fraction of sp³-hybridized carbons (Fsp3) is 0.429. The number of nitrogens with one attached hydrogen (secondary N) is 2. The molecule has 156 valence electrons. The Hall–Kier alpha value is -3.04. The zero-order valence-electron chi connectivity index (χ0n) is 16.8. The van der Waals surface area contributed by atoms with E-state index < -0.39 is 0 Å². The number of carbonyl (C=O) groups is 1. The van der Waals surface area contributed by atoms with E-state index in [2.05, 4.69) is 20.2 Å². The van der Waals surface area contributed by atoms with E-state index in [0.29, 0.717) is 31.6 Å². The summed E-state index contributed by atoms with van der Waals surface area (Å²) in [6.07, 6.45) is 4.63. The Morgan fingerprint density at radius 3 is 2.60 bits per heavy atom. The van der Waals surface area contributed by atoms with Crippen LogP contribution < -0.4 is 15.5 Å². The number of amides is 1. The molecule has 2 aliphatic rings. The number of carbonyl (C=O) groups excluding carboxylic acids is 1. The Labute approximate surface area is 174 Å². The van der Waals surface area contributed by atoms with Gasteiger partial charge in [0.2, 0.25) is 12.4 Å². The predicted octanol–water partition coefficient (Wildman–Crippen LogP) is 1.82. The standard InChI is InChI=1S/C21H25N7O2/c29-14-23-16-3-1-15(2-4-16)19-18-13-24-28(17-5-7-22-8-6-17)20(18)26-21(25-19)27-9-11-30-12-10-27/h1-4,13-14,17,22H,5-12H2,(H,23,29). The van der Waals surface area contributed by atoms with Crippen molar-refractivity contribution in [2.24, 2.45) is 0 Å². The van der Waals surface area contributed by atoms with Crippen molar-refractivity contribution in [3.63, 3.8) is 0 Å². The lowest BCUT2D eigenvalue weighted by Crippen LogP contribution is -2.37. The van der Waals surface area contributed by atoms with Crippen molar-refractivity contribution < 1.29 is 9.53 Å². The molecule has 3 aromatic rings. The number of fused-ring (bicyclic) bond motifs is 1. The van der Waals surface area contributed by atoms with E-state index in [-0.39, 0.29) is 0 Å². The molecule has 5 rings (SSSR count). The van der Waals surface area contributed by atoms with Gasteiger partial charge in [-0.1, -0.05) is 12.1 Å². The van der Waals surface area contributed by atoms with Gasteiger partial charge in [-0.2, -0.15) is 10.1 Å². The molecule has 2 fully saturated rings. The van der Waals surface area contributed by atoms with E-state index in [1.165, 1.54) is 0 Å². The molecular formula is C21H25N7O2. The van der Waals surface area contributed by atoms with Crippen molar-refractivity contribution in [1.82, 2.24) is 25.1 Å². The fourth-order valence-corrected chi connectivity index (χ4v) is 4.15. The molecule has 0 atom stereocenters. The van der Waals surface area contributed by atoms with Gasteiger partial charge in [0.1, 0.15) is 0 Å². The maximum Gasteiger partial charge on any atom is 0.228 e. The first-order chi connectivity index (χ1) is 14.8. The van der Waals surface area contributed by atoms with E-state index >= 15 is 0 Å². The summed E-state index contributed by atoms with van der Waals surface area (Å²) in [7, 11) is 0. The Kier molecular flexibility index (Phi) is 5.29. The number of anilines is 2. The van der Waals surface area contributed by atoms with E-state index in [9.17, 15) is 4.79 Å². The molecule has 0 spiro atoms. The third kappa shape index (κ3) is 3.61. The van der Waals surface area contributed by atoms with Gasteiger partial charge in [0, 0.05) is 24.3 Å². The Morgan fingerprint density at radius 2 is 1.87 bits per heavy atom. The Balaban J connectivity index is 1.62. The van der Waals surface area contributed by atoms with Crippen molar-refractivity contribution >= 4 is 29.1 Å². The molecule has 0 saturated carbocycles. The molecule has 2 aromatic heterocycles. The monoisotopic (exact) mass is 407 g/mol. The van der Waals surface area contributed by atoms with E-state index in [1.54, 1.807) is 0 Å². The van der Waals surface area contributed by atoms with Crippen molar-refractivity contribution in [3.8, 4) is 11.3 Å². The largest absolute Gasteiger partial charge is 0.378 e. The number of piperidine rings is 1. The van der Waals surface area contributed by atoms with Crippen molar-refractivity contribution in [1.29, 1.82) is 0 Å². The van der Waals surface area contributed by atoms with Crippen molar-refractivity contribution in [2.45, 2.75) is 18.9 Å². The minimum absolute atomic E-state index is 0.336. The lowest BCUT2D eigenvalue weighted by molar-refractivity contribution is -0.105. The first kappa shape index (κ1) is 19.0. The van der Waals surface area contributed by atoms with Crippen LogP contribution in [0, 0.1) is 0 Å². The number of ether oxygens (including phenoxy) is 1. The second-order valence-electron chi connectivity index (χ2n) is 7.62. The average molecular weight is 407 g/mol. The molecule has 2 aliphatic heterocycles. The normalized spacial score (nSPS) is 17.9. The van der Waals surface area contributed by atoms with Crippen LogP contribution in [0.5, 0.6) is 0 Å². The highest BCUT2D eigenvalue weighted by Crippen LogP contribution is 2.32. The molecular weight excluding hydrogens is 382 g/mol. The maximum atomic E-state index is 10.7. The summed E-state index contributed by atoms with van der Waals surface area (Å²) >= 11 is 0. The second-order valence-corrected chi connectivity index (χ2v) is 7.62. The van der Waals surface area contributed by atoms with Crippen LogP contribution in [0.25, 0.3) is 22.3 Å². The first-order valence-electron chi connectivity index (χ1n) is 10.4. The highest BCUT2D eigenvalue weighted by atomic mass is 16.5. The van der Waals surface area contributed by atoms with Crippen LogP contribution in [0.2, 0.25) is 0 Å². The summed E-state index contributed by atoms with van der Waals surface area (Å²) in [6, 6.07) is 8.03. The van der Waals surface area contributed by atoms with Crippen LogP contribution >= 0.6 is 0 Å². The second kappa shape index (κ2) is 8.37. The molecule has 2 N–H and O–H groups in total. The van der Waals surface area contributed by atoms with Crippen LogP contribution in [0.3, 0.4) is 0 Å². The van der Waals surface area contributed by atoms with Gasteiger partial charge in [0.25, 0.3) is 0 Å². The highest BCUT2D eigenvalue weighted by Gasteiger charge is 2.23. The van der Waals surface area contributed by atoms with E-state index in [4.69, 9.17) is 19.8 Å². The summed E-state index contributed by atoms with van der Waals surface area (Å²) < 4.78 is 7.58. The van der Waals surface area contributed by atoms with E-state index in [1.807, 2.05) is 30.5 Å². The molecule has 9 heteroatoms. The summed E-state index contributed by atoms with van der Waals surface area (Å²) in [5, 5.41) is 11.8. The maximum absolute atomic E-state index is 10.7. The first-order valence-corrected chi connectivity index (χ1v) is 10.4. The van der Waals surface area contributed by atoms with Crippen LogP contribution in [-0.4, -0.2) is 65.6 Å². The zero-order valence-corrected chi connectivity index (χ0v) is 16.8. The number of aromatic nitrogens is 4. The van der Waals surface area contributed by atoms with Gasteiger partial charge < -0.3 is 20.3 Å².